The van der Waals surface area contributed by atoms with E-state index in [0.29, 0.717) is 13.1 Å². The predicted molar refractivity (Wildman–Crippen MR) is 88.9 cm³/mol. The van der Waals surface area contributed by atoms with Gasteiger partial charge in [0.2, 0.25) is 5.91 Å². The topological polar surface area (TPSA) is 67.2 Å². The molecule has 1 aromatic carbocycles. The Hall–Kier alpha value is -2.28. The Balaban J connectivity index is 1.74. The van der Waals surface area contributed by atoms with Crippen LogP contribution in [0.25, 0.3) is 5.69 Å². The molecule has 1 saturated heterocycles. The molecule has 0 unspecified atom stereocenters. The number of hydrogen-bond acceptors (Lipinski definition) is 4. The molecular formula is C16H18N4O2S. The number of imidazole rings is 1. The van der Waals surface area contributed by atoms with Crippen LogP contribution in [0, 0.1) is 13.8 Å². The van der Waals surface area contributed by atoms with E-state index in [1.165, 1.54) is 27.8 Å². The molecule has 0 spiro atoms. The molecule has 23 heavy (non-hydrogen) atoms. The molecule has 1 N–H and O–H groups in total. The van der Waals surface area contributed by atoms with Gasteiger partial charge in [0.05, 0.1) is 5.75 Å². The van der Waals surface area contributed by atoms with Crippen LogP contribution in [-0.4, -0.2) is 45.2 Å². The number of imide groups is 1. The van der Waals surface area contributed by atoms with Crippen molar-refractivity contribution in [3.05, 3.63) is 41.7 Å². The fourth-order valence-electron chi connectivity index (χ4n) is 2.60. The Kier molecular flexibility index (Phi) is 4.38. The van der Waals surface area contributed by atoms with E-state index in [-0.39, 0.29) is 17.7 Å². The van der Waals surface area contributed by atoms with E-state index in [1.807, 2.05) is 10.8 Å². The second-order valence-electron chi connectivity index (χ2n) is 5.49. The minimum Gasteiger partial charge on any atom is -0.336 e. The van der Waals surface area contributed by atoms with Gasteiger partial charge in [-0.25, -0.2) is 9.78 Å². The summed E-state index contributed by atoms with van der Waals surface area (Å²) in [4.78, 5) is 29.2. The van der Waals surface area contributed by atoms with Crippen LogP contribution in [-0.2, 0) is 4.79 Å². The molecule has 7 heteroatoms. The number of benzene rings is 1. The van der Waals surface area contributed by atoms with Crippen LogP contribution in [0.4, 0.5) is 4.79 Å². The first-order valence-corrected chi connectivity index (χ1v) is 8.36. The molecule has 1 fully saturated rings. The average molecular weight is 330 g/mol. The number of rotatable bonds is 4. The molecule has 0 bridgehead atoms. The van der Waals surface area contributed by atoms with Crippen LogP contribution in [0.1, 0.15) is 11.1 Å². The Morgan fingerprint density at radius 3 is 2.70 bits per heavy atom. The predicted octanol–water partition coefficient (Wildman–Crippen LogP) is 2.13. The first kappa shape index (κ1) is 15.6. The Morgan fingerprint density at radius 2 is 2.04 bits per heavy atom. The lowest BCUT2D eigenvalue weighted by Gasteiger charge is -2.12. The van der Waals surface area contributed by atoms with Gasteiger partial charge in [-0.1, -0.05) is 17.8 Å². The second kappa shape index (κ2) is 6.45. The van der Waals surface area contributed by atoms with Crippen molar-refractivity contribution in [3.8, 4) is 5.69 Å². The molecule has 1 aliphatic heterocycles. The molecule has 1 aromatic heterocycles. The quantitative estimate of drug-likeness (QED) is 0.872. The van der Waals surface area contributed by atoms with E-state index in [1.54, 1.807) is 6.20 Å². The third-order valence-corrected chi connectivity index (χ3v) is 4.53. The normalized spacial score (nSPS) is 14.2. The molecular weight excluding hydrogens is 312 g/mol. The van der Waals surface area contributed by atoms with Gasteiger partial charge < -0.3 is 5.32 Å². The standard InChI is InChI=1S/C16H18N4O2S/c1-11-7-12(2)9-13(8-11)19-5-4-18-16(19)23-10-14(21)20-6-3-17-15(20)22/h4-5,7-9H,3,6,10H2,1-2H3,(H,17,22). The van der Waals surface area contributed by atoms with E-state index in [9.17, 15) is 9.59 Å². The summed E-state index contributed by atoms with van der Waals surface area (Å²) in [6.07, 6.45) is 3.59. The first-order valence-electron chi connectivity index (χ1n) is 7.37. The van der Waals surface area contributed by atoms with Crippen LogP contribution in [0.5, 0.6) is 0 Å². The van der Waals surface area contributed by atoms with Gasteiger partial charge in [-0.3, -0.25) is 14.3 Å². The summed E-state index contributed by atoms with van der Waals surface area (Å²) in [6, 6.07) is 5.96. The van der Waals surface area contributed by atoms with Gasteiger partial charge in [-0.05, 0) is 37.1 Å². The summed E-state index contributed by atoms with van der Waals surface area (Å²) in [6.45, 7) is 5.06. The van der Waals surface area contributed by atoms with Gasteiger partial charge in [0, 0.05) is 31.2 Å². The third-order valence-electron chi connectivity index (χ3n) is 3.57. The van der Waals surface area contributed by atoms with Crippen molar-refractivity contribution in [1.82, 2.24) is 19.8 Å². The number of aryl methyl sites for hydroxylation is 2. The molecule has 3 amide bonds. The Bertz CT molecular complexity index is 736. The highest BCUT2D eigenvalue weighted by Crippen LogP contribution is 2.22. The summed E-state index contributed by atoms with van der Waals surface area (Å²) in [7, 11) is 0. The summed E-state index contributed by atoms with van der Waals surface area (Å²) in [5, 5.41) is 3.37. The van der Waals surface area contributed by atoms with Gasteiger partial charge in [-0.2, -0.15) is 0 Å². The van der Waals surface area contributed by atoms with Crippen LogP contribution >= 0.6 is 11.8 Å². The summed E-state index contributed by atoms with van der Waals surface area (Å²) >= 11 is 1.34. The monoisotopic (exact) mass is 330 g/mol. The zero-order chi connectivity index (χ0) is 16.4. The minimum absolute atomic E-state index is 0.190. The number of thioether (sulfide) groups is 1. The lowest BCUT2D eigenvalue weighted by atomic mass is 10.1. The van der Waals surface area contributed by atoms with Crippen LogP contribution < -0.4 is 5.32 Å². The summed E-state index contributed by atoms with van der Waals surface area (Å²) in [5.41, 5.74) is 3.37. The fourth-order valence-corrected chi connectivity index (χ4v) is 3.45. The summed E-state index contributed by atoms with van der Waals surface area (Å²) < 4.78 is 1.96. The van der Waals surface area contributed by atoms with Crippen LogP contribution in [0.15, 0.2) is 35.7 Å². The number of carbonyl (C=O) groups excluding carboxylic acids is 2. The Labute approximate surface area is 138 Å². The van der Waals surface area contributed by atoms with E-state index in [4.69, 9.17) is 0 Å². The second-order valence-corrected chi connectivity index (χ2v) is 6.43. The minimum atomic E-state index is -0.312. The molecule has 120 valence electrons. The van der Waals surface area contributed by atoms with Gasteiger partial charge in [0.1, 0.15) is 0 Å². The van der Waals surface area contributed by atoms with Gasteiger partial charge in [-0.15, -0.1) is 0 Å². The largest absolute Gasteiger partial charge is 0.336 e. The number of urea groups is 1. The molecule has 0 saturated carbocycles. The van der Waals surface area contributed by atoms with Crippen molar-refractivity contribution in [2.75, 3.05) is 18.8 Å². The number of nitrogens with zero attached hydrogens (tertiary/aromatic N) is 3. The van der Waals surface area contributed by atoms with E-state index >= 15 is 0 Å². The molecule has 3 rings (SSSR count). The van der Waals surface area contributed by atoms with Crippen molar-refractivity contribution >= 4 is 23.7 Å². The average Bonchev–Trinajstić information content (AvgIpc) is 3.12. The number of aromatic nitrogens is 2. The van der Waals surface area contributed by atoms with Crippen LogP contribution in [0.3, 0.4) is 0 Å². The maximum atomic E-state index is 12.1. The first-order chi connectivity index (χ1) is 11.0. The summed E-state index contributed by atoms with van der Waals surface area (Å²) in [5.74, 6) is -0.00476. The zero-order valence-corrected chi connectivity index (χ0v) is 13.9. The highest BCUT2D eigenvalue weighted by atomic mass is 32.2. The van der Waals surface area contributed by atoms with E-state index in [2.05, 4.69) is 42.3 Å². The van der Waals surface area contributed by atoms with Crippen molar-refractivity contribution in [1.29, 1.82) is 0 Å². The Morgan fingerprint density at radius 1 is 1.30 bits per heavy atom. The van der Waals surface area contributed by atoms with E-state index < -0.39 is 0 Å². The lowest BCUT2D eigenvalue weighted by molar-refractivity contribution is -0.124. The fraction of sp³-hybridized carbons (Fsp3) is 0.312. The van der Waals surface area contributed by atoms with Crippen molar-refractivity contribution in [3.63, 3.8) is 0 Å². The van der Waals surface area contributed by atoms with Gasteiger partial charge >= 0.3 is 6.03 Å². The highest BCUT2D eigenvalue weighted by molar-refractivity contribution is 7.99. The third kappa shape index (κ3) is 3.39. The molecule has 6 nitrogen and oxygen atoms in total. The van der Waals surface area contributed by atoms with Gasteiger partial charge in [0.25, 0.3) is 0 Å². The van der Waals surface area contributed by atoms with Gasteiger partial charge in [0.15, 0.2) is 5.16 Å². The van der Waals surface area contributed by atoms with Crippen LogP contribution in [0.2, 0.25) is 0 Å². The number of nitrogens with one attached hydrogen (secondary N) is 1. The molecule has 0 aliphatic carbocycles. The molecule has 2 aromatic rings. The maximum absolute atomic E-state index is 12.1. The molecule has 0 atom stereocenters. The number of hydrogen-bond donors (Lipinski definition) is 1. The smallest absolute Gasteiger partial charge is 0.324 e. The number of carbonyl (C=O) groups is 2. The van der Waals surface area contributed by atoms with Crippen molar-refractivity contribution in [2.24, 2.45) is 0 Å². The van der Waals surface area contributed by atoms with Crippen molar-refractivity contribution in [2.45, 2.75) is 19.0 Å². The van der Waals surface area contributed by atoms with Crippen molar-refractivity contribution < 1.29 is 9.59 Å². The lowest BCUT2D eigenvalue weighted by Crippen LogP contribution is -2.35. The maximum Gasteiger partial charge on any atom is 0.324 e. The molecule has 0 radical (unpaired) electrons. The van der Waals surface area contributed by atoms with E-state index in [0.717, 1.165) is 10.8 Å². The highest BCUT2D eigenvalue weighted by Gasteiger charge is 2.26. The number of amides is 3. The SMILES string of the molecule is Cc1cc(C)cc(-n2ccnc2SCC(=O)N2CCNC2=O)c1. The molecule has 1 aliphatic rings. The molecule has 2 heterocycles. The zero-order valence-electron chi connectivity index (χ0n) is 13.1.